The molecule has 1 aliphatic rings. The van der Waals surface area contributed by atoms with E-state index in [-0.39, 0.29) is 47.7 Å². The maximum absolute atomic E-state index is 14.9. The fourth-order valence-corrected chi connectivity index (χ4v) is 6.80. The van der Waals surface area contributed by atoms with Gasteiger partial charge in [0.05, 0.1) is 40.5 Å². The van der Waals surface area contributed by atoms with Crippen LogP contribution in [0.2, 0.25) is 0 Å². The Morgan fingerprint density at radius 2 is 1.91 bits per heavy atom. The molecule has 44 heavy (non-hydrogen) atoms. The molecule has 2 aromatic carbocycles. The number of rotatable bonds is 11. The fourth-order valence-electron chi connectivity index (χ4n) is 4.56. The lowest BCUT2D eigenvalue weighted by Crippen LogP contribution is -2.29. The van der Waals surface area contributed by atoms with Crippen LogP contribution in [0.3, 0.4) is 0 Å². The molecule has 1 aromatic heterocycles. The van der Waals surface area contributed by atoms with Crippen LogP contribution in [0, 0.1) is 17.7 Å². The lowest BCUT2D eigenvalue weighted by molar-refractivity contribution is -0.127. The van der Waals surface area contributed by atoms with Crippen LogP contribution in [0.1, 0.15) is 30.2 Å². The Kier molecular flexibility index (Phi) is 11.0. The van der Waals surface area contributed by atoms with Crippen LogP contribution >= 0.6 is 11.3 Å². The number of sulfonamides is 1. The summed E-state index contributed by atoms with van der Waals surface area (Å²) in [6.07, 6.45) is -4.04. The van der Waals surface area contributed by atoms with Crippen molar-refractivity contribution in [1.82, 2.24) is 4.72 Å². The fraction of sp³-hybridized carbons (Fsp3) is 0.414. The number of anilines is 2. The summed E-state index contributed by atoms with van der Waals surface area (Å²) in [5, 5.41) is 6.74. The lowest BCUT2D eigenvalue weighted by atomic mass is 10.1. The summed E-state index contributed by atoms with van der Waals surface area (Å²) in [4.78, 5) is 10.8. The van der Waals surface area contributed by atoms with Crippen molar-refractivity contribution in [2.75, 3.05) is 50.7 Å². The van der Waals surface area contributed by atoms with E-state index in [0.717, 1.165) is 48.9 Å². The molecule has 0 radical (unpaired) electrons. The second-order valence-electron chi connectivity index (χ2n) is 9.85. The number of methoxy groups -OCH3 is 1. The highest BCUT2D eigenvalue weighted by atomic mass is 32.2. The number of amides is 1. The predicted molar refractivity (Wildman–Crippen MR) is 159 cm³/mol. The van der Waals surface area contributed by atoms with Gasteiger partial charge in [-0.3, -0.25) is 4.79 Å². The van der Waals surface area contributed by atoms with Gasteiger partial charge >= 0.3 is 6.18 Å². The molecule has 0 saturated carbocycles. The maximum Gasteiger partial charge on any atom is 0.393 e. The lowest BCUT2D eigenvalue weighted by Gasteiger charge is -2.24. The molecule has 3 N–H and O–H groups in total. The van der Waals surface area contributed by atoms with Crippen LogP contribution in [0.4, 0.5) is 28.9 Å². The average molecular weight is 658 g/mol. The summed E-state index contributed by atoms with van der Waals surface area (Å²) in [7, 11) is -3.08. The molecular formula is C29H31F4N3O6S2. The minimum Gasteiger partial charge on any atom is -0.489 e. The van der Waals surface area contributed by atoms with Crippen LogP contribution in [-0.2, 0) is 30.7 Å². The number of hydrogen-bond acceptors (Lipinski definition) is 9. The van der Waals surface area contributed by atoms with Crippen molar-refractivity contribution in [2.45, 2.75) is 43.3 Å². The van der Waals surface area contributed by atoms with Gasteiger partial charge in [0, 0.05) is 45.4 Å². The zero-order chi connectivity index (χ0) is 31.9. The van der Waals surface area contributed by atoms with Crippen LogP contribution in [0.5, 0.6) is 5.75 Å². The van der Waals surface area contributed by atoms with Crippen molar-refractivity contribution in [2.24, 2.45) is 0 Å². The molecule has 2 heterocycles. The average Bonchev–Trinajstić information content (AvgIpc) is 3.28. The second kappa shape index (κ2) is 14.5. The first-order valence-electron chi connectivity index (χ1n) is 13.5. The zero-order valence-electron chi connectivity index (χ0n) is 23.9. The number of halogens is 4. The van der Waals surface area contributed by atoms with Gasteiger partial charge in [0.15, 0.2) is 0 Å². The van der Waals surface area contributed by atoms with Crippen molar-refractivity contribution < 1.29 is 45.0 Å². The van der Waals surface area contributed by atoms with Crippen molar-refractivity contribution in [3.8, 4) is 17.6 Å². The first-order valence-corrected chi connectivity index (χ1v) is 15.8. The van der Waals surface area contributed by atoms with Gasteiger partial charge in [-0.1, -0.05) is 24.0 Å². The summed E-state index contributed by atoms with van der Waals surface area (Å²) in [6.45, 7) is 2.19. The number of carbonyl (C=O) groups excluding carboxylic acids is 1. The van der Waals surface area contributed by atoms with E-state index in [1.807, 2.05) is 6.07 Å². The summed E-state index contributed by atoms with van der Waals surface area (Å²) in [5.74, 6) is 3.50. The molecule has 0 unspecified atom stereocenters. The van der Waals surface area contributed by atoms with E-state index in [9.17, 15) is 30.8 Å². The van der Waals surface area contributed by atoms with Crippen LogP contribution in [0.15, 0.2) is 35.2 Å². The molecule has 15 heteroatoms. The van der Waals surface area contributed by atoms with E-state index < -0.39 is 39.2 Å². The first-order chi connectivity index (χ1) is 20.9. The summed E-state index contributed by atoms with van der Waals surface area (Å²) in [6, 6.07) is 7.13. The molecule has 1 saturated heterocycles. The zero-order valence-corrected chi connectivity index (χ0v) is 25.5. The van der Waals surface area contributed by atoms with Gasteiger partial charge < -0.3 is 24.8 Å². The minimum absolute atomic E-state index is 0.00501. The Labute approximate surface area is 256 Å². The molecule has 238 valence electrons. The third-order valence-electron chi connectivity index (χ3n) is 6.49. The van der Waals surface area contributed by atoms with Crippen LogP contribution < -0.4 is 20.1 Å². The van der Waals surface area contributed by atoms with Gasteiger partial charge in [0.1, 0.15) is 23.1 Å². The van der Waals surface area contributed by atoms with E-state index in [0.29, 0.717) is 23.3 Å². The molecular weight excluding hydrogens is 626 g/mol. The Morgan fingerprint density at radius 1 is 1.16 bits per heavy atom. The molecule has 0 aliphatic carbocycles. The Balaban J connectivity index is 1.62. The van der Waals surface area contributed by atoms with E-state index in [2.05, 4.69) is 22.5 Å². The summed E-state index contributed by atoms with van der Waals surface area (Å²) < 4.78 is 98.8. The summed E-state index contributed by atoms with van der Waals surface area (Å²) in [5.41, 5.74) is 0.851. The predicted octanol–water partition coefficient (Wildman–Crippen LogP) is 5.05. The largest absolute Gasteiger partial charge is 0.489 e. The molecule has 4 rings (SSSR count). The van der Waals surface area contributed by atoms with Crippen LogP contribution in [0.25, 0.3) is 10.1 Å². The number of carbonyl (C=O) groups is 1. The Bertz CT molecular complexity index is 1660. The third-order valence-corrected chi connectivity index (χ3v) is 9.14. The van der Waals surface area contributed by atoms with Crippen molar-refractivity contribution in [1.29, 1.82) is 0 Å². The van der Waals surface area contributed by atoms with E-state index in [4.69, 9.17) is 14.2 Å². The van der Waals surface area contributed by atoms with Crippen molar-refractivity contribution in [3.05, 3.63) is 46.6 Å². The van der Waals surface area contributed by atoms with Crippen LogP contribution in [-0.4, -0.2) is 66.6 Å². The van der Waals surface area contributed by atoms with Gasteiger partial charge in [0.2, 0.25) is 5.91 Å². The highest BCUT2D eigenvalue weighted by Crippen LogP contribution is 2.39. The van der Waals surface area contributed by atoms with Crippen molar-refractivity contribution >= 4 is 48.7 Å². The first kappa shape index (κ1) is 33.3. The van der Waals surface area contributed by atoms with E-state index in [1.165, 1.54) is 7.11 Å². The molecule has 0 spiro atoms. The normalized spacial score (nSPS) is 14.1. The van der Waals surface area contributed by atoms with Crippen molar-refractivity contribution in [3.63, 3.8) is 0 Å². The molecule has 0 bridgehead atoms. The van der Waals surface area contributed by atoms with Gasteiger partial charge in [-0.15, -0.1) is 11.3 Å². The third kappa shape index (κ3) is 8.75. The quantitative estimate of drug-likeness (QED) is 0.149. The standard InChI is InChI=1S/C29H31F4N3O6S2/c1-18(37)36-44(38,39)27-16-25(42-14-13-40-2)24(15-22(27)30)34-10-4-7-26-21(17-29(31,32)33)20-5-3-6-23(28(20)43-26)35-19-8-11-41-12-9-19/h3,5-6,15-16,19,34-35H,8-14,17H2,1-2H3,(H,36,37). The van der Waals surface area contributed by atoms with Gasteiger partial charge in [0.25, 0.3) is 10.0 Å². The Hall–Kier alpha value is -3.58. The topological polar surface area (TPSA) is 115 Å². The van der Waals surface area contributed by atoms with Gasteiger partial charge in [-0.2, -0.15) is 13.2 Å². The number of nitrogens with one attached hydrogen (secondary N) is 3. The molecule has 0 atom stereocenters. The van der Waals surface area contributed by atoms with E-state index >= 15 is 0 Å². The van der Waals surface area contributed by atoms with Gasteiger partial charge in [-0.25, -0.2) is 17.5 Å². The number of benzene rings is 2. The molecule has 3 aromatic rings. The minimum atomic E-state index is -4.51. The molecule has 1 aliphatic heterocycles. The summed E-state index contributed by atoms with van der Waals surface area (Å²) >= 11 is 1.16. The highest BCUT2D eigenvalue weighted by molar-refractivity contribution is 7.90. The number of alkyl halides is 3. The smallest absolute Gasteiger partial charge is 0.393 e. The Morgan fingerprint density at radius 3 is 2.59 bits per heavy atom. The second-order valence-corrected chi connectivity index (χ2v) is 12.5. The molecule has 1 amide bonds. The SMILES string of the molecule is COCCOc1cc(S(=O)(=O)NC(C)=O)c(F)cc1NCC#Cc1sc2c(NC3CCOCC3)cccc2c1CC(F)(F)F. The maximum atomic E-state index is 14.9. The molecule has 9 nitrogen and oxygen atoms in total. The number of thiophene rings is 1. The molecule has 1 fully saturated rings. The van der Waals surface area contributed by atoms with Gasteiger partial charge in [-0.05, 0) is 29.9 Å². The number of ether oxygens (including phenoxy) is 3. The van der Waals surface area contributed by atoms with E-state index in [1.54, 1.807) is 16.9 Å². The number of fused-ring (bicyclic) bond motifs is 1. The number of hydrogen-bond donors (Lipinski definition) is 3. The monoisotopic (exact) mass is 657 g/mol. The highest BCUT2D eigenvalue weighted by Gasteiger charge is 2.31.